The second-order valence-corrected chi connectivity index (χ2v) is 5.96. The van der Waals surface area contributed by atoms with Crippen LogP contribution in [0, 0.1) is 6.92 Å². The molecular weight excluding hydrogens is 306 g/mol. The highest BCUT2D eigenvalue weighted by Crippen LogP contribution is 2.33. The molecule has 0 amide bonds. The van der Waals surface area contributed by atoms with Crippen LogP contribution in [0.15, 0.2) is 34.1 Å². The van der Waals surface area contributed by atoms with Crippen LogP contribution in [0.5, 0.6) is 0 Å². The molecular formula is C12H11BrClNS. The highest BCUT2D eigenvalue weighted by molar-refractivity contribution is 9.10. The summed E-state index contributed by atoms with van der Waals surface area (Å²) in [5, 5.41) is 2.77. The number of rotatable bonds is 2. The van der Waals surface area contributed by atoms with Crippen LogP contribution in [-0.4, -0.2) is 0 Å². The molecule has 1 aromatic carbocycles. The first-order valence-electron chi connectivity index (χ1n) is 4.84. The van der Waals surface area contributed by atoms with Gasteiger partial charge in [-0.05, 0) is 51.5 Å². The molecule has 0 aliphatic rings. The number of nitrogens with two attached hydrogens (primary N) is 1. The van der Waals surface area contributed by atoms with Crippen molar-refractivity contribution < 1.29 is 0 Å². The van der Waals surface area contributed by atoms with Gasteiger partial charge in [0, 0.05) is 9.35 Å². The number of halogens is 2. The third-order valence-electron chi connectivity index (χ3n) is 2.43. The Morgan fingerprint density at radius 2 is 2.19 bits per heavy atom. The van der Waals surface area contributed by atoms with Gasteiger partial charge in [-0.1, -0.05) is 23.7 Å². The van der Waals surface area contributed by atoms with E-state index in [1.165, 1.54) is 4.88 Å². The third-order valence-corrected chi connectivity index (χ3v) is 4.62. The van der Waals surface area contributed by atoms with Crippen LogP contribution in [0.1, 0.15) is 22.0 Å². The van der Waals surface area contributed by atoms with Gasteiger partial charge in [-0.25, -0.2) is 0 Å². The number of aryl methyl sites for hydroxylation is 1. The maximum Gasteiger partial charge on any atom is 0.0599 e. The summed E-state index contributed by atoms with van der Waals surface area (Å²) in [5.74, 6) is 0. The van der Waals surface area contributed by atoms with Gasteiger partial charge in [0.1, 0.15) is 0 Å². The Morgan fingerprint density at radius 3 is 2.81 bits per heavy atom. The molecule has 4 heteroatoms. The van der Waals surface area contributed by atoms with Crippen LogP contribution < -0.4 is 5.73 Å². The van der Waals surface area contributed by atoms with E-state index in [-0.39, 0.29) is 6.04 Å². The molecule has 0 aliphatic heterocycles. The van der Waals surface area contributed by atoms with E-state index >= 15 is 0 Å². The Balaban J connectivity index is 2.41. The summed E-state index contributed by atoms with van der Waals surface area (Å²) >= 11 is 11.3. The minimum Gasteiger partial charge on any atom is -0.320 e. The summed E-state index contributed by atoms with van der Waals surface area (Å²) in [7, 11) is 0. The van der Waals surface area contributed by atoms with Crippen molar-refractivity contribution in [3.63, 3.8) is 0 Å². The lowest BCUT2D eigenvalue weighted by atomic mass is 10.0. The zero-order valence-corrected chi connectivity index (χ0v) is 11.9. The van der Waals surface area contributed by atoms with E-state index in [4.69, 9.17) is 17.3 Å². The Morgan fingerprint density at radius 1 is 1.44 bits per heavy atom. The minimum atomic E-state index is -0.157. The van der Waals surface area contributed by atoms with Gasteiger partial charge in [0.05, 0.1) is 11.1 Å². The topological polar surface area (TPSA) is 26.0 Å². The average molecular weight is 317 g/mol. The van der Waals surface area contributed by atoms with Gasteiger partial charge in [-0.2, -0.15) is 0 Å². The number of thiophene rings is 1. The van der Waals surface area contributed by atoms with Gasteiger partial charge >= 0.3 is 0 Å². The van der Waals surface area contributed by atoms with Crippen molar-refractivity contribution in [2.24, 2.45) is 5.73 Å². The van der Waals surface area contributed by atoms with E-state index in [0.717, 1.165) is 15.6 Å². The van der Waals surface area contributed by atoms with Gasteiger partial charge in [-0.15, -0.1) is 11.3 Å². The van der Waals surface area contributed by atoms with Gasteiger partial charge in [0.2, 0.25) is 0 Å². The molecule has 16 heavy (non-hydrogen) atoms. The Kier molecular flexibility index (Phi) is 3.70. The van der Waals surface area contributed by atoms with Gasteiger partial charge in [-0.3, -0.25) is 0 Å². The fourth-order valence-electron chi connectivity index (χ4n) is 1.57. The minimum absolute atomic E-state index is 0.157. The lowest BCUT2D eigenvalue weighted by molar-refractivity contribution is 0.875. The molecule has 0 saturated carbocycles. The largest absolute Gasteiger partial charge is 0.320 e. The molecule has 0 fully saturated rings. The highest BCUT2D eigenvalue weighted by atomic mass is 79.9. The second kappa shape index (κ2) is 4.88. The van der Waals surface area contributed by atoms with E-state index in [1.54, 1.807) is 11.3 Å². The van der Waals surface area contributed by atoms with Crippen molar-refractivity contribution in [1.82, 2.24) is 0 Å². The first-order chi connectivity index (χ1) is 7.59. The summed E-state index contributed by atoms with van der Waals surface area (Å²) in [4.78, 5) is 1.26. The van der Waals surface area contributed by atoms with Crippen LogP contribution in [0.25, 0.3) is 0 Å². The lowest BCUT2D eigenvalue weighted by Gasteiger charge is -2.13. The number of hydrogen-bond donors (Lipinski definition) is 1. The predicted octanol–water partition coefficient (Wildman–Crippen LogP) is 4.52. The Hall–Kier alpha value is -0.350. The Labute approximate surface area is 112 Å². The molecule has 0 radical (unpaired) electrons. The molecule has 1 aromatic heterocycles. The van der Waals surface area contributed by atoms with Crippen LogP contribution >= 0.6 is 38.9 Å². The molecule has 0 bridgehead atoms. The van der Waals surface area contributed by atoms with Crippen molar-refractivity contribution in [1.29, 1.82) is 0 Å². The quantitative estimate of drug-likeness (QED) is 0.866. The van der Waals surface area contributed by atoms with Gasteiger partial charge < -0.3 is 5.73 Å². The normalized spacial score (nSPS) is 12.8. The Bertz CT molecular complexity index is 509. The molecule has 1 atom stereocenters. The molecule has 0 spiro atoms. The van der Waals surface area contributed by atoms with Crippen molar-refractivity contribution in [2.45, 2.75) is 13.0 Å². The molecule has 1 nitrogen and oxygen atoms in total. The third kappa shape index (κ3) is 2.33. The maximum atomic E-state index is 6.22. The van der Waals surface area contributed by atoms with Gasteiger partial charge in [0.15, 0.2) is 0 Å². The molecule has 0 saturated heterocycles. The highest BCUT2D eigenvalue weighted by Gasteiger charge is 2.14. The van der Waals surface area contributed by atoms with E-state index in [9.17, 15) is 0 Å². The van der Waals surface area contributed by atoms with Crippen LogP contribution in [0.3, 0.4) is 0 Å². The molecule has 2 rings (SSSR count). The summed E-state index contributed by atoms with van der Waals surface area (Å²) in [5.41, 5.74) is 8.27. The van der Waals surface area contributed by atoms with Crippen molar-refractivity contribution in [2.75, 3.05) is 0 Å². The lowest BCUT2D eigenvalue weighted by Crippen LogP contribution is -2.11. The van der Waals surface area contributed by atoms with E-state index in [2.05, 4.69) is 34.3 Å². The molecule has 2 N–H and O–H groups in total. The average Bonchev–Trinajstić information content (AvgIpc) is 2.68. The van der Waals surface area contributed by atoms with Crippen LogP contribution in [0.4, 0.5) is 0 Å². The first kappa shape index (κ1) is 12.1. The van der Waals surface area contributed by atoms with Crippen LogP contribution in [0.2, 0.25) is 5.02 Å². The van der Waals surface area contributed by atoms with Crippen LogP contribution in [-0.2, 0) is 0 Å². The fraction of sp³-hybridized carbons (Fsp3) is 0.167. The summed E-state index contributed by atoms with van der Waals surface area (Å²) in [6.45, 7) is 2.07. The standard InChI is InChI=1S/C12H11BrClNS/c1-7-5-8(6-16-7)12(15)9-3-2-4-10(13)11(9)14/h2-6,12H,15H2,1H3. The maximum absolute atomic E-state index is 6.22. The molecule has 1 heterocycles. The van der Waals surface area contributed by atoms with Crippen molar-refractivity contribution in [3.8, 4) is 0 Å². The molecule has 0 aliphatic carbocycles. The van der Waals surface area contributed by atoms with Crippen molar-refractivity contribution >= 4 is 38.9 Å². The number of hydrogen-bond acceptors (Lipinski definition) is 2. The summed E-state index contributed by atoms with van der Waals surface area (Å²) < 4.78 is 0.883. The van der Waals surface area contributed by atoms with Gasteiger partial charge in [0.25, 0.3) is 0 Å². The summed E-state index contributed by atoms with van der Waals surface area (Å²) in [6, 6.07) is 7.77. The summed E-state index contributed by atoms with van der Waals surface area (Å²) in [6.07, 6.45) is 0. The smallest absolute Gasteiger partial charge is 0.0599 e. The fourth-order valence-corrected chi connectivity index (χ4v) is 2.93. The van der Waals surface area contributed by atoms with Crippen molar-refractivity contribution in [3.05, 3.63) is 55.1 Å². The zero-order chi connectivity index (χ0) is 11.7. The van der Waals surface area contributed by atoms with E-state index in [0.29, 0.717) is 5.02 Å². The second-order valence-electron chi connectivity index (χ2n) is 3.61. The molecule has 2 aromatic rings. The predicted molar refractivity (Wildman–Crippen MR) is 74.2 cm³/mol. The monoisotopic (exact) mass is 315 g/mol. The van der Waals surface area contributed by atoms with E-state index in [1.807, 2.05) is 18.2 Å². The zero-order valence-electron chi connectivity index (χ0n) is 8.71. The van der Waals surface area contributed by atoms with E-state index < -0.39 is 0 Å². The number of benzene rings is 1. The molecule has 84 valence electrons. The SMILES string of the molecule is Cc1cc(C(N)c2cccc(Br)c2Cl)cs1. The molecule has 1 unspecified atom stereocenters. The first-order valence-corrected chi connectivity index (χ1v) is 6.89.